The molecule has 2 nitrogen and oxygen atoms in total. The van der Waals surface area contributed by atoms with Crippen LogP contribution in [0.3, 0.4) is 0 Å². The first kappa shape index (κ1) is 19.7. The maximum absolute atomic E-state index is 10.0. The first-order valence-corrected chi connectivity index (χ1v) is 11.2. The number of thioether (sulfide) groups is 1. The van der Waals surface area contributed by atoms with E-state index < -0.39 is 0 Å². The highest BCUT2D eigenvalue weighted by Crippen LogP contribution is 2.39. The number of aryl methyl sites for hydroxylation is 1. The minimum Gasteiger partial charge on any atom is -0.245 e. The molecule has 0 spiro atoms. The van der Waals surface area contributed by atoms with Gasteiger partial charge in [0.15, 0.2) is 0 Å². The first-order valence-electron chi connectivity index (χ1n) is 10.2. The Kier molecular flexibility index (Phi) is 5.48. The van der Waals surface area contributed by atoms with Gasteiger partial charge in [-0.3, -0.25) is 0 Å². The van der Waals surface area contributed by atoms with Crippen molar-refractivity contribution in [1.82, 2.24) is 4.98 Å². The molecule has 29 heavy (non-hydrogen) atoms. The third-order valence-electron chi connectivity index (χ3n) is 5.56. The van der Waals surface area contributed by atoms with Crippen LogP contribution >= 0.6 is 11.8 Å². The van der Waals surface area contributed by atoms with Gasteiger partial charge < -0.3 is 0 Å². The highest BCUT2D eigenvalue weighted by Gasteiger charge is 2.24. The van der Waals surface area contributed by atoms with Crippen LogP contribution in [0, 0.1) is 11.3 Å². The van der Waals surface area contributed by atoms with Crippen LogP contribution in [0.5, 0.6) is 0 Å². The van der Waals surface area contributed by atoms with Gasteiger partial charge in [0.25, 0.3) is 0 Å². The summed E-state index contributed by atoms with van der Waals surface area (Å²) in [7, 11) is 0. The number of nitriles is 1. The lowest BCUT2D eigenvalue weighted by molar-refractivity contribution is 0.590. The molecule has 0 N–H and O–H groups in total. The summed E-state index contributed by atoms with van der Waals surface area (Å²) in [5, 5.41) is 10.9. The van der Waals surface area contributed by atoms with Gasteiger partial charge in [0.2, 0.25) is 0 Å². The van der Waals surface area contributed by atoms with Crippen molar-refractivity contribution in [3.8, 4) is 17.2 Å². The van der Waals surface area contributed by atoms with E-state index in [4.69, 9.17) is 4.98 Å². The maximum Gasteiger partial charge on any atom is 0.115 e. The van der Waals surface area contributed by atoms with Crippen molar-refractivity contribution >= 4 is 11.8 Å². The SMILES string of the molecule is CC(C)(C)c1ccc(CSc2nc3c(c(-c4ccccc4)c2C#N)CCC3)cc1. The van der Waals surface area contributed by atoms with E-state index in [-0.39, 0.29) is 5.41 Å². The number of pyridine rings is 1. The maximum atomic E-state index is 10.0. The molecule has 3 heteroatoms. The topological polar surface area (TPSA) is 36.7 Å². The third-order valence-corrected chi connectivity index (χ3v) is 6.61. The van der Waals surface area contributed by atoms with E-state index in [2.05, 4.69) is 63.2 Å². The molecule has 0 aliphatic heterocycles. The molecule has 0 saturated carbocycles. The van der Waals surface area contributed by atoms with Gasteiger partial charge in [-0.1, -0.05) is 75.4 Å². The number of hydrogen-bond acceptors (Lipinski definition) is 3. The van der Waals surface area contributed by atoms with Crippen LogP contribution in [-0.4, -0.2) is 4.98 Å². The Morgan fingerprint density at radius 1 is 1.00 bits per heavy atom. The van der Waals surface area contributed by atoms with Crippen LogP contribution in [0.1, 0.15) is 55.1 Å². The molecule has 2 aromatic carbocycles. The number of benzene rings is 2. The average molecular weight is 399 g/mol. The molecule has 1 aromatic heterocycles. The van der Waals surface area contributed by atoms with Crippen molar-refractivity contribution < 1.29 is 0 Å². The lowest BCUT2D eigenvalue weighted by Gasteiger charge is -2.19. The van der Waals surface area contributed by atoms with E-state index >= 15 is 0 Å². The largest absolute Gasteiger partial charge is 0.245 e. The summed E-state index contributed by atoms with van der Waals surface area (Å²) in [5.74, 6) is 0.819. The summed E-state index contributed by atoms with van der Waals surface area (Å²) >= 11 is 1.68. The Hall–Kier alpha value is -2.57. The Labute approximate surface area is 178 Å². The van der Waals surface area contributed by atoms with Crippen molar-refractivity contribution in [3.63, 3.8) is 0 Å². The minimum atomic E-state index is 0.159. The fourth-order valence-corrected chi connectivity index (χ4v) is 4.90. The predicted molar refractivity (Wildman–Crippen MR) is 121 cm³/mol. The van der Waals surface area contributed by atoms with E-state index in [0.29, 0.717) is 0 Å². The normalized spacial score (nSPS) is 13.2. The molecule has 0 fully saturated rings. The Morgan fingerprint density at radius 2 is 1.72 bits per heavy atom. The van der Waals surface area contributed by atoms with Crippen molar-refractivity contribution in [2.75, 3.05) is 0 Å². The molecule has 3 aromatic rings. The van der Waals surface area contributed by atoms with Gasteiger partial charge in [0.05, 0.1) is 5.56 Å². The number of aromatic nitrogens is 1. The van der Waals surface area contributed by atoms with Crippen molar-refractivity contribution in [2.24, 2.45) is 0 Å². The molecule has 1 aliphatic carbocycles. The van der Waals surface area contributed by atoms with Crippen LogP contribution in [0.25, 0.3) is 11.1 Å². The lowest BCUT2D eigenvalue weighted by Crippen LogP contribution is -2.10. The Morgan fingerprint density at radius 3 is 2.38 bits per heavy atom. The van der Waals surface area contributed by atoms with Gasteiger partial charge >= 0.3 is 0 Å². The molecular weight excluding hydrogens is 372 g/mol. The smallest absolute Gasteiger partial charge is 0.115 e. The second kappa shape index (κ2) is 8.05. The molecule has 0 bridgehead atoms. The summed E-state index contributed by atoms with van der Waals surface area (Å²) in [6.07, 6.45) is 3.14. The Balaban J connectivity index is 1.67. The quantitative estimate of drug-likeness (QED) is 0.459. The van der Waals surface area contributed by atoms with Crippen LogP contribution < -0.4 is 0 Å². The number of rotatable bonds is 4. The predicted octanol–water partition coefficient (Wildman–Crippen LogP) is 6.70. The van der Waals surface area contributed by atoms with Crippen molar-refractivity contribution in [1.29, 1.82) is 5.26 Å². The van der Waals surface area contributed by atoms with E-state index in [1.165, 1.54) is 22.4 Å². The van der Waals surface area contributed by atoms with E-state index in [9.17, 15) is 5.26 Å². The number of hydrogen-bond donors (Lipinski definition) is 0. The van der Waals surface area contributed by atoms with Crippen LogP contribution in [-0.2, 0) is 24.0 Å². The molecular formula is C26H26N2S. The van der Waals surface area contributed by atoms with Crippen LogP contribution in [0.2, 0.25) is 0 Å². The monoisotopic (exact) mass is 398 g/mol. The van der Waals surface area contributed by atoms with Crippen LogP contribution in [0.4, 0.5) is 0 Å². The van der Waals surface area contributed by atoms with Gasteiger partial charge in [-0.15, -0.1) is 11.8 Å². The fraction of sp³-hybridized carbons (Fsp3) is 0.308. The summed E-state index contributed by atoms with van der Waals surface area (Å²) in [6, 6.07) is 21.6. The number of nitrogens with zero attached hydrogens (tertiary/aromatic N) is 2. The molecule has 146 valence electrons. The number of fused-ring (bicyclic) bond motifs is 1. The zero-order chi connectivity index (χ0) is 20.4. The molecule has 0 atom stereocenters. The van der Waals surface area contributed by atoms with Gasteiger partial charge in [-0.25, -0.2) is 4.98 Å². The first-order chi connectivity index (χ1) is 14.0. The Bertz CT molecular complexity index is 1060. The molecule has 0 unspecified atom stereocenters. The summed E-state index contributed by atoms with van der Waals surface area (Å²) in [6.45, 7) is 6.70. The molecule has 0 radical (unpaired) electrons. The van der Waals surface area contributed by atoms with Gasteiger partial charge in [0.1, 0.15) is 11.1 Å². The van der Waals surface area contributed by atoms with Crippen molar-refractivity contribution in [3.05, 3.63) is 82.5 Å². The average Bonchev–Trinajstić information content (AvgIpc) is 3.19. The molecule has 1 heterocycles. The van der Waals surface area contributed by atoms with E-state index in [1.54, 1.807) is 11.8 Å². The summed E-state index contributed by atoms with van der Waals surface area (Å²) < 4.78 is 0. The highest BCUT2D eigenvalue weighted by molar-refractivity contribution is 7.98. The van der Waals surface area contributed by atoms with E-state index in [1.807, 2.05) is 18.2 Å². The van der Waals surface area contributed by atoms with E-state index in [0.717, 1.165) is 46.7 Å². The summed E-state index contributed by atoms with van der Waals surface area (Å²) in [5.41, 5.74) is 8.16. The fourth-order valence-electron chi connectivity index (χ4n) is 3.94. The highest BCUT2D eigenvalue weighted by atomic mass is 32.2. The molecule has 0 saturated heterocycles. The van der Waals surface area contributed by atoms with Gasteiger partial charge in [-0.05, 0) is 46.9 Å². The second-order valence-electron chi connectivity index (χ2n) is 8.66. The standard InChI is InChI=1S/C26H26N2S/c1-26(2,3)20-14-12-18(13-15-20)17-29-25-22(16-27)24(19-8-5-4-6-9-19)21-10-7-11-23(21)28-25/h4-6,8-9,12-15H,7,10-11,17H2,1-3H3. The van der Waals surface area contributed by atoms with Crippen LogP contribution in [0.15, 0.2) is 59.6 Å². The second-order valence-corrected chi connectivity index (χ2v) is 9.62. The summed E-state index contributed by atoms with van der Waals surface area (Å²) in [4.78, 5) is 4.92. The van der Waals surface area contributed by atoms with Gasteiger partial charge in [-0.2, -0.15) is 5.26 Å². The molecule has 1 aliphatic rings. The minimum absolute atomic E-state index is 0.159. The zero-order valence-electron chi connectivity index (χ0n) is 17.3. The van der Waals surface area contributed by atoms with Gasteiger partial charge in [0, 0.05) is 17.0 Å². The zero-order valence-corrected chi connectivity index (χ0v) is 18.1. The molecule has 0 amide bonds. The third kappa shape index (κ3) is 4.09. The lowest BCUT2D eigenvalue weighted by atomic mass is 9.87. The van der Waals surface area contributed by atoms with Crippen molar-refractivity contribution in [2.45, 2.75) is 56.2 Å². The molecule has 4 rings (SSSR count).